The molecule has 2 saturated heterocycles. The second kappa shape index (κ2) is 2.43. The highest BCUT2D eigenvalue weighted by atomic mass is 79.9. The van der Waals surface area contributed by atoms with Crippen molar-refractivity contribution in [3.8, 4) is 0 Å². The first kappa shape index (κ1) is 7.52. The molecule has 4 nitrogen and oxygen atoms in total. The molecule has 0 saturated carbocycles. The number of carbonyl (C=O) groups excluding carboxylic acids is 1. The van der Waals surface area contributed by atoms with E-state index in [1.165, 1.54) is 0 Å². The zero-order valence-electron chi connectivity index (χ0n) is 5.57. The number of epoxide rings is 1. The number of carbonyl (C=O) groups is 1. The monoisotopic (exact) mass is 222 g/mol. The van der Waals surface area contributed by atoms with Gasteiger partial charge >= 0.3 is 5.97 Å². The van der Waals surface area contributed by atoms with Gasteiger partial charge in [0.05, 0.1) is 0 Å². The van der Waals surface area contributed by atoms with Gasteiger partial charge in [-0.3, -0.25) is 0 Å². The number of hydrogen-bond donors (Lipinski definition) is 1. The zero-order valence-corrected chi connectivity index (χ0v) is 7.15. The van der Waals surface area contributed by atoms with E-state index in [1.807, 2.05) is 0 Å². The highest BCUT2D eigenvalue weighted by Crippen LogP contribution is 2.36. The Morgan fingerprint density at radius 1 is 1.73 bits per heavy atom. The molecule has 2 rings (SSSR count). The molecule has 62 valence electrons. The van der Waals surface area contributed by atoms with E-state index in [0.29, 0.717) is 5.33 Å². The average Bonchev–Trinajstić information content (AvgIpc) is 2.72. The van der Waals surface area contributed by atoms with Crippen molar-refractivity contribution in [3.63, 3.8) is 0 Å². The molecule has 4 atom stereocenters. The molecule has 2 aliphatic heterocycles. The van der Waals surface area contributed by atoms with Crippen LogP contribution < -0.4 is 0 Å². The van der Waals surface area contributed by atoms with Crippen molar-refractivity contribution in [1.29, 1.82) is 0 Å². The van der Waals surface area contributed by atoms with Crippen LogP contribution in [0.4, 0.5) is 0 Å². The van der Waals surface area contributed by atoms with E-state index in [4.69, 9.17) is 9.47 Å². The lowest BCUT2D eigenvalue weighted by Gasteiger charge is -2.15. The van der Waals surface area contributed by atoms with Crippen LogP contribution in [0.5, 0.6) is 0 Å². The van der Waals surface area contributed by atoms with Gasteiger partial charge in [-0.05, 0) is 0 Å². The molecule has 1 N–H and O–H groups in total. The van der Waals surface area contributed by atoms with Gasteiger partial charge in [0.1, 0.15) is 12.2 Å². The molecule has 11 heavy (non-hydrogen) atoms. The third-order valence-corrected chi connectivity index (χ3v) is 2.53. The number of rotatable bonds is 2. The third kappa shape index (κ3) is 1.07. The molecule has 2 fully saturated rings. The SMILES string of the molecule is O=C1O[C@H](C(O)CBr)[C@@H]2OC12. The second-order valence-electron chi connectivity index (χ2n) is 2.64. The molecule has 0 aromatic carbocycles. The molecule has 0 amide bonds. The summed E-state index contributed by atoms with van der Waals surface area (Å²) in [5.41, 5.74) is 0. The minimum atomic E-state index is -0.656. The van der Waals surface area contributed by atoms with Crippen molar-refractivity contribution in [2.24, 2.45) is 0 Å². The molecule has 2 unspecified atom stereocenters. The van der Waals surface area contributed by atoms with Crippen molar-refractivity contribution in [2.45, 2.75) is 24.4 Å². The Morgan fingerprint density at radius 2 is 2.45 bits per heavy atom. The molecule has 0 aromatic heterocycles. The van der Waals surface area contributed by atoms with E-state index >= 15 is 0 Å². The summed E-state index contributed by atoms with van der Waals surface area (Å²) in [5, 5.41) is 9.67. The summed E-state index contributed by atoms with van der Waals surface area (Å²) >= 11 is 3.09. The lowest BCUT2D eigenvalue weighted by atomic mass is 10.1. The van der Waals surface area contributed by atoms with Crippen molar-refractivity contribution in [3.05, 3.63) is 0 Å². The van der Waals surface area contributed by atoms with Gasteiger partial charge in [0.15, 0.2) is 12.2 Å². The molecule has 0 bridgehead atoms. The summed E-state index contributed by atoms with van der Waals surface area (Å²) in [6, 6.07) is 0. The number of ether oxygens (including phenoxy) is 2. The van der Waals surface area contributed by atoms with Crippen LogP contribution in [0.3, 0.4) is 0 Å². The van der Waals surface area contributed by atoms with Crippen LogP contribution in [0.2, 0.25) is 0 Å². The molecule has 0 spiro atoms. The van der Waals surface area contributed by atoms with Gasteiger partial charge in [0, 0.05) is 5.33 Å². The van der Waals surface area contributed by atoms with E-state index in [9.17, 15) is 9.90 Å². The van der Waals surface area contributed by atoms with Gasteiger partial charge in [0.2, 0.25) is 0 Å². The van der Waals surface area contributed by atoms with Crippen LogP contribution in [0, 0.1) is 0 Å². The number of alkyl halides is 1. The quantitative estimate of drug-likeness (QED) is 0.387. The fraction of sp³-hybridized carbons (Fsp3) is 0.833. The maximum Gasteiger partial charge on any atom is 0.338 e. The van der Waals surface area contributed by atoms with Gasteiger partial charge in [-0.15, -0.1) is 0 Å². The van der Waals surface area contributed by atoms with Gasteiger partial charge < -0.3 is 14.6 Å². The van der Waals surface area contributed by atoms with Crippen LogP contribution >= 0.6 is 15.9 Å². The first-order valence-electron chi connectivity index (χ1n) is 3.34. The first-order chi connectivity index (χ1) is 5.24. The van der Waals surface area contributed by atoms with Crippen molar-refractivity contribution < 1.29 is 19.4 Å². The fourth-order valence-corrected chi connectivity index (χ4v) is 1.59. The van der Waals surface area contributed by atoms with Crippen molar-refractivity contribution >= 4 is 21.9 Å². The highest BCUT2D eigenvalue weighted by Gasteiger charge is 2.60. The summed E-state index contributed by atoms with van der Waals surface area (Å²) < 4.78 is 9.78. The number of fused-ring (bicyclic) bond motifs is 1. The van der Waals surface area contributed by atoms with Crippen LogP contribution in [0.1, 0.15) is 0 Å². The number of esters is 1. The van der Waals surface area contributed by atoms with E-state index in [-0.39, 0.29) is 12.1 Å². The number of hydrogen-bond acceptors (Lipinski definition) is 4. The fourth-order valence-electron chi connectivity index (χ4n) is 1.22. The highest BCUT2D eigenvalue weighted by molar-refractivity contribution is 9.09. The van der Waals surface area contributed by atoms with Gasteiger partial charge in [0.25, 0.3) is 0 Å². The average molecular weight is 223 g/mol. The van der Waals surface area contributed by atoms with Gasteiger partial charge in [-0.2, -0.15) is 0 Å². The Kier molecular flexibility index (Phi) is 1.66. The van der Waals surface area contributed by atoms with Crippen LogP contribution in [0.25, 0.3) is 0 Å². The lowest BCUT2D eigenvalue weighted by Crippen LogP contribution is -2.32. The van der Waals surface area contributed by atoms with Gasteiger partial charge in [-0.25, -0.2) is 4.79 Å². The minimum Gasteiger partial charge on any atom is -0.455 e. The summed E-state index contributed by atoms with van der Waals surface area (Å²) in [6.07, 6.45) is -1.72. The van der Waals surface area contributed by atoms with E-state index < -0.39 is 18.3 Å². The molecule has 2 heterocycles. The van der Waals surface area contributed by atoms with Crippen LogP contribution in [-0.4, -0.2) is 40.8 Å². The third-order valence-electron chi connectivity index (χ3n) is 1.87. The zero-order chi connectivity index (χ0) is 8.01. The van der Waals surface area contributed by atoms with Crippen LogP contribution in [-0.2, 0) is 14.3 Å². The Balaban J connectivity index is 2.01. The van der Waals surface area contributed by atoms with E-state index in [2.05, 4.69) is 15.9 Å². The maximum atomic E-state index is 10.8. The number of aliphatic hydroxyl groups is 1. The summed E-state index contributed by atoms with van der Waals surface area (Å²) in [4.78, 5) is 10.8. The summed E-state index contributed by atoms with van der Waals surface area (Å²) in [6.45, 7) is 0. The predicted octanol–water partition coefficient (Wildman–Crippen LogP) is -0.565. The smallest absolute Gasteiger partial charge is 0.338 e. The number of halogens is 1. The first-order valence-corrected chi connectivity index (χ1v) is 4.46. The Morgan fingerprint density at radius 3 is 2.82 bits per heavy atom. The number of aliphatic hydroxyl groups excluding tert-OH is 1. The normalized spacial score (nSPS) is 43.1. The standard InChI is InChI=1S/C6H7BrO4/c7-1-2(8)3-4-5(10-4)6(9)11-3/h2-5,8H,1H2/t2?,3-,4+,5?/m1/s1. The molecule has 5 heteroatoms. The molecule has 0 aliphatic carbocycles. The molecule has 0 radical (unpaired) electrons. The van der Waals surface area contributed by atoms with Crippen molar-refractivity contribution in [2.75, 3.05) is 5.33 Å². The summed E-state index contributed by atoms with van der Waals surface area (Å²) in [7, 11) is 0. The Hall–Kier alpha value is -0.130. The number of cyclic esters (lactones) is 1. The minimum absolute atomic E-state index is 0.199. The summed E-state index contributed by atoms with van der Waals surface area (Å²) in [5.74, 6) is -0.347. The molecular weight excluding hydrogens is 216 g/mol. The molecule has 2 aliphatic rings. The maximum absolute atomic E-state index is 10.8. The molecular formula is C6H7BrO4. The van der Waals surface area contributed by atoms with Crippen molar-refractivity contribution in [1.82, 2.24) is 0 Å². The van der Waals surface area contributed by atoms with E-state index in [1.54, 1.807) is 0 Å². The largest absolute Gasteiger partial charge is 0.455 e. The predicted molar refractivity (Wildman–Crippen MR) is 38.3 cm³/mol. The van der Waals surface area contributed by atoms with Crippen LogP contribution in [0.15, 0.2) is 0 Å². The lowest BCUT2D eigenvalue weighted by molar-refractivity contribution is -0.154. The van der Waals surface area contributed by atoms with E-state index in [0.717, 1.165) is 0 Å². The topological polar surface area (TPSA) is 59.1 Å². The van der Waals surface area contributed by atoms with Gasteiger partial charge in [-0.1, -0.05) is 15.9 Å². The molecule has 0 aromatic rings. The Bertz CT molecular complexity index is 195. The Labute approximate surface area is 71.6 Å². The second-order valence-corrected chi connectivity index (χ2v) is 3.29.